The number of hydrogen-bond acceptors (Lipinski definition) is 4. The summed E-state index contributed by atoms with van der Waals surface area (Å²) in [5, 5.41) is 5.70. The van der Waals surface area contributed by atoms with E-state index >= 15 is 0 Å². The lowest BCUT2D eigenvalue weighted by atomic mass is 10.1. The molecule has 6 rings (SSSR count). The fraction of sp³-hybridized carbons (Fsp3) is 0.267. The standard InChI is InChI=1S/C30H28S4/c1-3-5-7-19-15-23-25-17-21(33-29(25)13-11-27(23)31-19)9-10-22-18-26-24-16-20(8-6-4-2)32-28(24)12-14-30(26)34-22/h9-18H,3-8H2,1-2H3/b10-9+. The average Bonchev–Trinajstić information content (AvgIpc) is 3.61. The van der Waals surface area contributed by atoms with Gasteiger partial charge in [-0.2, -0.15) is 0 Å². The summed E-state index contributed by atoms with van der Waals surface area (Å²) >= 11 is 7.75. The number of rotatable bonds is 8. The van der Waals surface area contributed by atoms with Crippen LogP contribution in [0.4, 0.5) is 0 Å². The Balaban J connectivity index is 1.31. The molecule has 6 aromatic rings. The van der Waals surface area contributed by atoms with Crippen molar-refractivity contribution in [1.29, 1.82) is 0 Å². The molecule has 0 fully saturated rings. The van der Waals surface area contributed by atoms with Crippen LogP contribution in [-0.2, 0) is 12.8 Å². The van der Waals surface area contributed by atoms with Gasteiger partial charge >= 0.3 is 0 Å². The Morgan fingerprint density at radius 3 is 1.32 bits per heavy atom. The molecule has 0 aliphatic heterocycles. The minimum atomic E-state index is 1.21. The molecule has 0 N–H and O–H groups in total. The zero-order valence-electron chi connectivity index (χ0n) is 19.6. The molecule has 4 heterocycles. The third-order valence-electron chi connectivity index (χ3n) is 6.50. The molecule has 0 spiro atoms. The number of fused-ring (bicyclic) bond motifs is 6. The summed E-state index contributed by atoms with van der Waals surface area (Å²) in [6.45, 7) is 4.54. The maximum atomic E-state index is 2.44. The first-order valence-electron chi connectivity index (χ1n) is 12.3. The van der Waals surface area contributed by atoms with Gasteiger partial charge in [0, 0.05) is 59.9 Å². The van der Waals surface area contributed by atoms with E-state index in [0.717, 1.165) is 0 Å². The van der Waals surface area contributed by atoms with Crippen LogP contribution in [-0.4, -0.2) is 0 Å². The zero-order chi connectivity index (χ0) is 23.1. The molecular weight excluding hydrogens is 489 g/mol. The first kappa shape index (κ1) is 22.5. The molecule has 0 nitrogen and oxygen atoms in total. The third-order valence-corrected chi connectivity index (χ3v) is 11.0. The Morgan fingerprint density at radius 1 is 0.529 bits per heavy atom. The van der Waals surface area contributed by atoms with Crippen molar-refractivity contribution < 1.29 is 0 Å². The lowest BCUT2D eigenvalue weighted by Crippen LogP contribution is -1.76. The largest absolute Gasteiger partial charge is 0.140 e. The number of thiophene rings is 4. The predicted octanol–water partition coefficient (Wildman–Crippen LogP) is 11.4. The van der Waals surface area contributed by atoms with E-state index in [4.69, 9.17) is 0 Å². The van der Waals surface area contributed by atoms with Gasteiger partial charge in [-0.05, 0) is 86.4 Å². The van der Waals surface area contributed by atoms with E-state index in [1.54, 1.807) is 0 Å². The maximum Gasteiger partial charge on any atom is 0.0356 e. The lowest BCUT2D eigenvalue weighted by molar-refractivity contribution is 0.804. The Bertz CT molecular complexity index is 1510. The van der Waals surface area contributed by atoms with Crippen LogP contribution < -0.4 is 0 Å². The SMILES string of the molecule is CCCCc1cc2c(ccc3sc(/C=C/c4cc5c(ccc6sc(CCCC)cc65)s4)cc32)s1. The Morgan fingerprint density at radius 2 is 0.912 bits per heavy atom. The van der Waals surface area contributed by atoms with E-state index in [9.17, 15) is 0 Å². The second-order valence-electron chi connectivity index (χ2n) is 9.04. The predicted molar refractivity (Wildman–Crippen MR) is 161 cm³/mol. The van der Waals surface area contributed by atoms with Gasteiger partial charge in [-0.15, -0.1) is 45.3 Å². The van der Waals surface area contributed by atoms with Crippen LogP contribution in [0.25, 0.3) is 52.5 Å². The van der Waals surface area contributed by atoms with E-state index in [1.807, 2.05) is 45.3 Å². The Kier molecular flexibility index (Phi) is 6.33. The van der Waals surface area contributed by atoms with Gasteiger partial charge in [0.15, 0.2) is 0 Å². The maximum absolute atomic E-state index is 2.44. The summed E-state index contributed by atoms with van der Waals surface area (Å²) in [4.78, 5) is 5.72. The highest BCUT2D eigenvalue weighted by Gasteiger charge is 2.10. The first-order chi connectivity index (χ1) is 16.7. The number of hydrogen-bond donors (Lipinski definition) is 0. The molecule has 0 aliphatic carbocycles. The summed E-state index contributed by atoms with van der Waals surface area (Å²) in [5.74, 6) is 0. The van der Waals surface area contributed by atoms with Crippen LogP contribution in [0.15, 0.2) is 48.5 Å². The van der Waals surface area contributed by atoms with Crippen molar-refractivity contribution in [3.8, 4) is 0 Å². The van der Waals surface area contributed by atoms with Crippen LogP contribution in [0.2, 0.25) is 0 Å². The van der Waals surface area contributed by atoms with Crippen molar-refractivity contribution in [2.24, 2.45) is 0 Å². The van der Waals surface area contributed by atoms with Crippen molar-refractivity contribution in [2.45, 2.75) is 52.4 Å². The molecule has 0 saturated heterocycles. The highest BCUT2D eigenvalue weighted by Crippen LogP contribution is 2.39. The van der Waals surface area contributed by atoms with Crippen LogP contribution >= 0.6 is 45.3 Å². The molecule has 4 heteroatoms. The fourth-order valence-corrected chi connectivity index (χ4v) is 8.89. The minimum absolute atomic E-state index is 1.21. The molecule has 0 unspecified atom stereocenters. The molecule has 34 heavy (non-hydrogen) atoms. The van der Waals surface area contributed by atoms with Gasteiger partial charge in [-0.1, -0.05) is 26.7 Å². The molecule has 0 aliphatic rings. The Labute approximate surface area is 217 Å². The van der Waals surface area contributed by atoms with Gasteiger partial charge in [-0.25, -0.2) is 0 Å². The van der Waals surface area contributed by atoms with Gasteiger partial charge in [0.05, 0.1) is 0 Å². The van der Waals surface area contributed by atoms with Gasteiger partial charge in [0.1, 0.15) is 0 Å². The zero-order valence-corrected chi connectivity index (χ0v) is 22.9. The van der Waals surface area contributed by atoms with Crippen LogP contribution in [0.1, 0.15) is 59.0 Å². The number of benzene rings is 2. The van der Waals surface area contributed by atoms with Gasteiger partial charge in [-0.3, -0.25) is 0 Å². The van der Waals surface area contributed by atoms with E-state index in [0.29, 0.717) is 0 Å². The van der Waals surface area contributed by atoms with Crippen LogP contribution in [0.3, 0.4) is 0 Å². The first-order valence-corrected chi connectivity index (χ1v) is 15.6. The van der Waals surface area contributed by atoms with Crippen molar-refractivity contribution in [1.82, 2.24) is 0 Å². The van der Waals surface area contributed by atoms with Crippen LogP contribution in [0, 0.1) is 0 Å². The second-order valence-corrected chi connectivity index (χ2v) is 13.6. The van der Waals surface area contributed by atoms with Gasteiger partial charge in [0.2, 0.25) is 0 Å². The van der Waals surface area contributed by atoms with E-state index in [1.165, 1.54) is 98.4 Å². The van der Waals surface area contributed by atoms with Crippen molar-refractivity contribution >= 4 is 97.8 Å². The molecule has 4 aromatic heterocycles. The smallest absolute Gasteiger partial charge is 0.0356 e. The molecule has 0 saturated carbocycles. The summed E-state index contributed by atoms with van der Waals surface area (Å²) < 4.78 is 5.63. The van der Waals surface area contributed by atoms with E-state index in [2.05, 4.69) is 74.5 Å². The van der Waals surface area contributed by atoms with Crippen molar-refractivity contribution in [3.63, 3.8) is 0 Å². The second kappa shape index (κ2) is 9.58. The quantitative estimate of drug-likeness (QED) is 0.189. The summed E-state index contributed by atoms with van der Waals surface area (Å²) in [7, 11) is 0. The normalized spacial score (nSPS) is 12.4. The highest BCUT2D eigenvalue weighted by molar-refractivity contribution is 7.22. The van der Waals surface area contributed by atoms with Crippen molar-refractivity contribution in [2.75, 3.05) is 0 Å². The topological polar surface area (TPSA) is 0 Å². The molecule has 0 bridgehead atoms. The van der Waals surface area contributed by atoms with Crippen LogP contribution in [0.5, 0.6) is 0 Å². The fourth-order valence-electron chi connectivity index (χ4n) is 4.68. The minimum Gasteiger partial charge on any atom is -0.140 e. The highest BCUT2D eigenvalue weighted by atomic mass is 32.1. The van der Waals surface area contributed by atoms with Gasteiger partial charge < -0.3 is 0 Å². The molecule has 0 atom stereocenters. The van der Waals surface area contributed by atoms with E-state index in [-0.39, 0.29) is 0 Å². The lowest BCUT2D eigenvalue weighted by Gasteiger charge is -1.91. The molecule has 2 aromatic carbocycles. The number of aryl methyl sites for hydroxylation is 2. The molecule has 0 amide bonds. The monoisotopic (exact) mass is 516 g/mol. The van der Waals surface area contributed by atoms with E-state index < -0.39 is 0 Å². The Hall–Kier alpha value is -1.98. The van der Waals surface area contributed by atoms with Gasteiger partial charge in [0.25, 0.3) is 0 Å². The third kappa shape index (κ3) is 4.26. The molecule has 0 radical (unpaired) electrons. The molecular formula is C30H28S4. The molecule has 172 valence electrons. The number of unbranched alkanes of at least 4 members (excludes halogenated alkanes) is 2. The average molecular weight is 517 g/mol. The summed E-state index contributed by atoms with van der Waals surface area (Å²) in [6.07, 6.45) is 12.1. The summed E-state index contributed by atoms with van der Waals surface area (Å²) in [5.41, 5.74) is 0. The summed E-state index contributed by atoms with van der Waals surface area (Å²) in [6, 6.07) is 18.9. The van der Waals surface area contributed by atoms with Crippen molar-refractivity contribution in [3.05, 3.63) is 68.0 Å².